The number of ether oxygens (including phenoxy) is 3. The number of rotatable bonds is 5. The first-order chi connectivity index (χ1) is 9.67. The van der Waals surface area contributed by atoms with Crippen molar-refractivity contribution in [2.45, 2.75) is 6.61 Å². The number of hydrogen-bond donors (Lipinski definition) is 1. The summed E-state index contributed by atoms with van der Waals surface area (Å²) in [6, 6.07) is 10.8. The van der Waals surface area contributed by atoms with E-state index in [2.05, 4.69) is 0 Å². The van der Waals surface area contributed by atoms with Crippen LogP contribution in [0.2, 0.25) is 5.02 Å². The summed E-state index contributed by atoms with van der Waals surface area (Å²) in [6.07, 6.45) is 0. The Labute approximate surface area is 123 Å². The van der Waals surface area contributed by atoms with Crippen molar-refractivity contribution < 1.29 is 14.2 Å². The fraction of sp³-hybridized carbons (Fsp3) is 0.200. The van der Waals surface area contributed by atoms with Gasteiger partial charge in [0.2, 0.25) is 5.75 Å². The Hall–Kier alpha value is -2.07. The predicted octanol–water partition coefficient (Wildman–Crippen LogP) is 3.52. The van der Waals surface area contributed by atoms with Crippen LogP contribution in [-0.2, 0) is 6.61 Å². The third-order valence-electron chi connectivity index (χ3n) is 2.90. The van der Waals surface area contributed by atoms with Gasteiger partial charge in [0.25, 0.3) is 0 Å². The molecule has 0 aliphatic carbocycles. The maximum atomic E-state index is 6.12. The Bertz CT molecular complexity index is 559. The molecular formula is C15H16ClNO3. The number of halogens is 1. The summed E-state index contributed by atoms with van der Waals surface area (Å²) in [5.74, 6) is 1.71. The van der Waals surface area contributed by atoms with Gasteiger partial charge in [-0.3, -0.25) is 0 Å². The van der Waals surface area contributed by atoms with E-state index >= 15 is 0 Å². The zero-order chi connectivity index (χ0) is 14.5. The molecule has 5 heteroatoms. The molecular weight excluding hydrogens is 278 g/mol. The third kappa shape index (κ3) is 2.91. The fourth-order valence-electron chi connectivity index (χ4n) is 1.83. The van der Waals surface area contributed by atoms with Crippen LogP contribution in [0.1, 0.15) is 5.56 Å². The van der Waals surface area contributed by atoms with Crippen LogP contribution in [0.5, 0.6) is 17.2 Å². The maximum absolute atomic E-state index is 6.12. The second-order valence-corrected chi connectivity index (χ2v) is 4.50. The lowest BCUT2D eigenvalue weighted by Gasteiger charge is -2.15. The smallest absolute Gasteiger partial charge is 0.203 e. The second-order valence-electron chi connectivity index (χ2n) is 4.09. The lowest BCUT2D eigenvalue weighted by molar-refractivity contribution is 0.266. The highest BCUT2D eigenvalue weighted by atomic mass is 35.5. The van der Waals surface area contributed by atoms with Gasteiger partial charge in [0.15, 0.2) is 11.5 Å². The molecule has 2 aromatic carbocycles. The standard InChI is InChI=1S/C15H16ClNO3/c1-18-13-7-4-8-14(19-2)15(13)20-9-10-11(16)5-3-6-12(10)17/h3-8H,9,17H2,1-2H3. The molecule has 0 radical (unpaired) electrons. The van der Waals surface area contributed by atoms with E-state index in [4.69, 9.17) is 31.5 Å². The van der Waals surface area contributed by atoms with E-state index in [1.807, 2.05) is 6.07 Å². The lowest BCUT2D eigenvalue weighted by Crippen LogP contribution is -2.03. The lowest BCUT2D eigenvalue weighted by atomic mass is 10.2. The van der Waals surface area contributed by atoms with E-state index in [-0.39, 0.29) is 6.61 Å². The zero-order valence-corrected chi connectivity index (χ0v) is 12.1. The molecule has 0 fully saturated rings. The van der Waals surface area contributed by atoms with Crippen LogP contribution in [-0.4, -0.2) is 14.2 Å². The van der Waals surface area contributed by atoms with Gasteiger partial charge in [0, 0.05) is 16.3 Å². The van der Waals surface area contributed by atoms with Crippen LogP contribution >= 0.6 is 11.6 Å². The van der Waals surface area contributed by atoms with Gasteiger partial charge in [0.05, 0.1) is 14.2 Å². The Morgan fingerprint density at radius 3 is 2.15 bits per heavy atom. The molecule has 0 saturated heterocycles. The van der Waals surface area contributed by atoms with Crippen molar-refractivity contribution in [2.24, 2.45) is 0 Å². The number of nitrogens with two attached hydrogens (primary N) is 1. The first-order valence-corrected chi connectivity index (χ1v) is 6.41. The summed E-state index contributed by atoms with van der Waals surface area (Å²) >= 11 is 6.12. The molecule has 0 atom stereocenters. The van der Waals surface area contributed by atoms with Crippen LogP contribution in [0.25, 0.3) is 0 Å². The largest absolute Gasteiger partial charge is 0.493 e. The molecule has 2 aromatic rings. The van der Waals surface area contributed by atoms with Crippen molar-refractivity contribution in [2.75, 3.05) is 20.0 Å². The predicted molar refractivity (Wildman–Crippen MR) is 79.7 cm³/mol. The van der Waals surface area contributed by atoms with Gasteiger partial charge in [-0.2, -0.15) is 0 Å². The Kier molecular flexibility index (Phi) is 4.58. The van der Waals surface area contributed by atoms with E-state index in [1.165, 1.54) is 0 Å². The van der Waals surface area contributed by atoms with Crippen LogP contribution in [0.15, 0.2) is 36.4 Å². The van der Waals surface area contributed by atoms with Crippen molar-refractivity contribution in [3.8, 4) is 17.2 Å². The van der Waals surface area contributed by atoms with Crippen molar-refractivity contribution in [3.05, 3.63) is 47.0 Å². The molecule has 0 bridgehead atoms. The minimum Gasteiger partial charge on any atom is -0.493 e. The summed E-state index contributed by atoms with van der Waals surface area (Å²) in [7, 11) is 3.15. The number of hydrogen-bond acceptors (Lipinski definition) is 4. The topological polar surface area (TPSA) is 53.7 Å². The molecule has 0 aromatic heterocycles. The first kappa shape index (κ1) is 14.3. The minimum absolute atomic E-state index is 0.238. The number of anilines is 1. The third-order valence-corrected chi connectivity index (χ3v) is 3.25. The normalized spacial score (nSPS) is 10.2. The summed E-state index contributed by atoms with van der Waals surface area (Å²) in [6.45, 7) is 0.238. The molecule has 0 unspecified atom stereocenters. The highest BCUT2D eigenvalue weighted by molar-refractivity contribution is 6.31. The second kappa shape index (κ2) is 6.39. The van der Waals surface area contributed by atoms with Crippen molar-refractivity contribution >= 4 is 17.3 Å². The van der Waals surface area contributed by atoms with E-state index in [1.54, 1.807) is 44.6 Å². The molecule has 20 heavy (non-hydrogen) atoms. The van der Waals surface area contributed by atoms with Gasteiger partial charge in [-0.05, 0) is 24.3 Å². The van der Waals surface area contributed by atoms with E-state index < -0.39 is 0 Å². The molecule has 0 amide bonds. The monoisotopic (exact) mass is 293 g/mol. The Morgan fingerprint density at radius 2 is 1.60 bits per heavy atom. The average Bonchev–Trinajstić information content (AvgIpc) is 2.46. The molecule has 2 rings (SSSR count). The van der Waals surface area contributed by atoms with Gasteiger partial charge in [-0.15, -0.1) is 0 Å². The van der Waals surface area contributed by atoms with Crippen molar-refractivity contribution in [1.29, 1.82) is 0 Å². The van der Waals surface area contributed by atoms with Crippen molar-refractivity contribution in [3.63, 3.8) is 0 Å². The zero-order valence-electron chi connectivity index (χ0n) is 11.4. The molecule has 2 N–H and O–H groups in total. The molecule has 106 valence electrons. The number of benzene rings is 2. The highest BCUT2D eigenvalue weighted by Gasteiger charge is 2.13. The van der Waals surface area contributed by atoms with Gasteiger partial charge in [-0.1, -0.05) is 23.7 Å². The highest BCUT2D eigenvalue weighted by Crippen LogP contribution is 2.38. The summed E-state index contributed by atoms with van der Waals surface area (Å²) in [4.78, 5) is 0. The van der Waals surface area contributed by atoms with Gasteiger partial charge >= 0.3 is 0 Å². The van der Waals surface area contributed by atoms with E-state index in [9.17, 15) is 0 Å². The Balaban J connectivity index is 2.27. The SMILES string of the molecule is COc1cccc(OC)c1OCc1c(N)cccc1Cl. The summed E-state index contributed by atoms with van der Waals surface area (Å²) in [5.41, 5.74) is 7.23. The van der Waals surface area contributed by atoms with Gasteiger partial charge < -0.3 is 19.9 Å². The van der Waals surface area contributed by atoms with Crippen LogP contribution < -0.4 is 19.9 Å². The average molecular weight is 294 g/mol. The van der Waals surface area contributed by atoms with Gasteiger partial charge in [-0.25, -0.2) is 0 Å². The number of methoxy groups -OCH3 is 2. The Morgan fingerprint density at radius 1 is 1.00 bits per heavy atom. The molecule has 0 aliphatic rings. The minimum atomic E-state index is 0.238. The van der Waals surface area contributed by atoms with Crippen LogP contribution in [0.3, 0.4) is 0 Å². The molecule has 0 heterocycles. The van der Waals surface area contributed by atoms with Gasteiger partial charge in [0.1, 0.15) is 6.61 Å². The molecule has 4 nitrogen and oxygen atoms in total. The van der Waals surface area contributed by atoms with Crippen LogP contribution in [0, 0.1) is 0 Å². The molecule has 0 saturated carbocycles. The number of nitrogen functional groups attached to an aromatic ring is 1. The quantitative estimate of drug-likeness (QED) is 0.857. The summed E-state index contributed by atoms with van der Waals surface area (Å²) in [5, 5.41) is 0.568. The van der Waals surface area contributed by atoms with Crippen LogP contribution in [0.4, 0.5) is 5.69 Å². The fourth-order valence-corrected chi connectivity index (χ4v) is 2.07. The molecule has 0 aliphatic heterocycles. The molecule has 0 spiro atoms. The maximum Gasteiger partial charge on any atom is 0.203 e. The van der Waals surface area contributed by atoms with Crippen molar-refractivity contribution in [1.82, 2.24) is 0 Å². The number of para-hydroxylation sites is 1. The summed E-state index contributed by atoms with van der Waals surface area (Å²) < 4.78 is 16.3. The first-order valence-electron chi connectivity index (χ1n) is 6.04. The van der Waals surface area contributed by atoms with E-state index in [0.29, 0.717) is 28.0 Å². The van der Waals surface area contributed by atoms with E-state index in [0.717, 1.165) is 5.56 Å².